The Balaban J connectivity index is 1.85. The molecule has 0 aliphatic rings. The van der Waals surface area contributed by atoms with Crippen molar-refractivity contribution in [3.05, 3.63) is 46.9 Å². The zero-order valence-electron chi connectivity index (χ0n) is 15.1. The van der Waals surface area contributed by atoms with Crippen LogP contribution in [-0.4, -0.2) is 43.2 Å². The van der Waals surface area contributed by atoms with Gasteiger partial charge in [-0.15, -0.1) is 10.2 Å². The van der Waals surface area contributed by atoms with Crippen LogP contribution in [0.1, 0.15) is 46.0 Å². The van der Waals surface area contributed by atoms with Crippen molar-refractivity contribution in [2.75, 3.05) is 6.61 Å². The number of Topliss-reactive ketones (excluding diaryl/α,β-unsaturated/α-hetero) is 1. The normalized spacial score (nSPS) is 12.3. The summed E-state index contributed by atoms with van der Waals surface area (Å²) in [6.45, 7) is 7.38. The summed E-state index contributed by atoms with van der Waals surface area (Å²) in [5.41, 5.74) is 2.84. The van der Waals surface area contributed by atoms with Gasteiger partial charge in [0.1, 0.15) is 0 Å². The van der Waals surface area contributed by atoms with Gasteiger partial charge in [0.05, 0.1) is 23.1 Å². The van der Waals surface area contributed by atoms with Crippen LogP contribution in [0.2, 0.25) is 0 Å². The Kier molecular flexibility index (Phi) is 5.13. The fourth-order valence-corrected chi connectivity index (χ4v) is 3.72. The highest BCUT2D eigenvalue weighted by Crippen LogP contribution is 2.27. The molecule has 1 N–H and O–H groups in total. The molecule has 0 unspecified atom stereocenters. The predicted molar refractivity (Wildman–Crippen MR) is 98.9 cm³/mol. The number of nitrogens with zero attached hydrogens (tertiary/aromatic N) is 3. The van der Waals surface area contributed by atoms with Crippen molar-refractivity contribution >= 4 is 29.2 Å². The number of pyridine rings is 1. The van der Waals surface area contributed by atoms with E-state index in [1.165, 1.54) is 11.8 Å². The second kappa shape index (κ2) is 7.33. The lowest BCUT2D eigenvalue weighted by Crippen LogP contribution is -2.16. The number of thioether (sulfide) groups is 1. The first kappa shape index (κ1) is 18.2. The minimum absolute atomic E-state index is 0.0983. The fraction of sp³-hybridized carbons (Fsp3) is 0.333. The molecular weight excluding hydrogens is 352 g/mol. The molecule has 7 nitrogen and oxygen atoms in total. The molecular formula is C18H20N4O3S. The molecule has 3 aromatic rings. The molecule has 8 heteroatoms. The first-order valence-electron chi connectivity index (χ1n) is 8.31. The Morgan fingerprint density at radius 3 is 2.81 bits per heavy atom. The van der Waals surface area contributed by atoms with E-state index < -0.39 is 11.2 Å². The summed E-state index contributed by atoms with van der Waals surface area (Å²) in [5, 5.41) is 8.50. The molecule has 136 valence electrons. The van der Waals surface area contributed by atoms with Gasteiger partial charge in [-0.1, -0.05) is 17.8 Å². The number of carbonyl (C=O) groups excluding carboxylic acids is 2. The van der Waals surface area contributed by atoms with Crippen molar-refractivity contribution < 1.29 is 14.3 Å². The minimum atomic E-state index is -0.415. The van der Waals surface area contributed by atoms with Crippen molar-refractivity contribution in [1.82, 2.24) is 19.6 Å². The third kappa shape index (κ3) is 3.24. The number of hydrogen-bond donors (Lipinski definition) is 1. The average Bonchev–Trinajstić information content (AvgIpc) is 3.15. The van der Waals surface area contributed by atoms with E-state index in [0.29, 0.717) is 34.3 Å². The summed E-state index contributed by atoms with van der Waals surface area (Å²) in [5.74, 6) is -0.514. The van der Waals surface area contributed by atoms with E-state index >= 15 is 0 Å². The van der Waals surface area contributed by atoms with E-state index in [-0.39, 0.29) is 5.78 Å². The molecule has 3 aromatic heterocycles. The van der Waals surface area contributed by atoms with E-state index in [9.17, 15) is 9.59 Å². The van der Waals surface area contributed by atoms with Crippen molar-refractivity contribution in [2.45, 2.75) is 38.1 Å². The molecule has 0 radical (unpaired) electrons. The number of hydrogen-bond acceptors (Lipinski definition) is 6. The number of ether oxygens (including phenoxy) is 1. The summed E-state index contributed by atoms with van der Waals surface area (Å²) < 4.78 is 6.92. The van der Waals surface area contributed by atoms with Crippen LogP contribution in [0, 0.1) is 13.8 Å². The summed E-state index contributed by atoms with van der Waals surface area (Å²) in [4.78, 5) is 28.1. The zero-order valence-corrected chi connectivity index (χ0v) is 15.9. The Hall–Kier alpha value is -2.61. The maximum absolute atomic E-state index is 12.9. The molecule has 3 rings (SSSR count). The third-order valence-electron chi connectivity index (χ3n) is 4.10. The number of nitrogens with one attached hydrogen (secondary N) is 1. The second-order valence-electron chi connectivity index (χ2n) is 5.88. The Labute approximate surface area is 155 Å². The standard InChI is InChI=1S/C18H20N4O3S/c1-5-25-17(24)14-10(2)15(19-11(14)3)16(23)12(4)26-18-21-20-13-8-6-7-9-22(13)18/h6-9,12,19H,5H2,1-4H3/t12-/m0/s1. The summed E-state index contributed by atoms with van der Waals surface area (Å²) in [6, 6.07) is 5.62. The highest BCUT2D eigenvalue weighted by atomic mass is 32.2. The lowest BCUT2D eigenvalue weighted by atomic mass is 10.1. The molecule has 0 saturated heterocycles. The van der Waals surface area contributed by atoms with Gasteiger partial charge in [0.25, 0.3) is 0 Å². The molecule has 0 bridgehead atoms. The second-order valence-corrected chi connectivity index (χ2v) is 7.19. The number of ketones is 1. The average molecular weight is 372 g/mol. The predicted octanol–water partition coefficient (Wildman–Crippen LogP) is 3.21. The van der Waals surface area contributed by atoms with Crippen LogP contribution < -0.4 is 0 Å². The molecule has 0 saturated carbocycles. The molecule has 0 fully saturated rings. The number of aryl methyl sites for hydroxylation is 1. The number of aromatic nitrogens is 4. The molecule has 1 atom stereocenters. The summed E-state index contributed by atoms with van der Waals surface area (Å²) in [6.07, 6.45) is 1.86. The van der Waals surface area contributed by atoms with Crippen LogP contribution in [0.5, 0.6) is 0 Å². The number of fused-ring (bicyclic) bond motifs is 1. The van der Waals surface area contributed by atoms with E-state index in [0.717, 1.165) is 5.65 Å². The lowest BCUT2D eigenvalue weighted by molar-refractivity contribution is 0.0525. The Morgan fingerprint density at radius 1 is 1.31 bits per heavy atom. The van der Waals surface area contributed by atoms with Gasteiger partial charge in [-0.25, -0.2) is 4.79 Å². The quantitative estimate of drug-likeness (QED) is 0.406. The number of H-pyrrole nitrogens is 1. The van der Waals surface area contributed by atoms with E-state index in [4.69, 9.17) is 4.74 Å². The minimum Gasteiger partial charge on any atom is -0.462 e. The largest absolute Gasteiger partial charge is 0.462 e. The van der Waals surface area contributed by atoms with Gasteiger partial charge in [0.15, 0.2) is 16.6 Å². The van der Waals surface area contributed by atoms with E-state index in [1.807, 2.05) is 35.7 Å². The number of carbonyl (C=O) groups is 2. The first-order chi connectivity index (χ1) is 12.4. The molecule has 3 heterocycles. The fourth-order valence-electron chi connectivity index (χ4n) is 2.82. The topological polar surface area (TPSA) is 89.4 Å². The van der Waals surface area contributed by atoms with Gasteiger partial charge < -0.3 is 9.72 Å². The number of rotatable bonds is 6. The molecule has 0 aromatic carbocycles. The van der Waals surface area contributed by atoms with Crippen LogP contribution in [0.25, 0.3) is 5.65 Å². The van der Waals surface area contributed by atoms with Gasteiger partial charge in [0, 0.05) is 11.9 Å². The van der Waals surface area contributed by atoms with Crippen LogP contribution in [-0.2, 0) is 4.74 Å². The van der Waals surface area contributed by atoms with Crippen molar-refractivity contribution in [3.63, 3.8) is 0 Å². The molecule has 0 aliphatic carbocycles. The van der Waals surface area contributed by atoms with Gasteiger partial charge in [-0.2, -0.15) is 0 Å². The summed E-state index contributed by atoms with van der Waals surface area (Å²) in [7, 11) is 0. The smallest absolute Gasteiger partial charge is 0.340 e. The van der Waals surface area contributed by atoms with Gasteiger partial charge in [0.2, 0.25) is 0 Å². The molecule has 0 amide bonds. The molecule has 26 heavy (non-hydrogen) atoms. The first-order valence-corrected chi connectivity index (χ1v) is 9.18. The molecule has 0 spiro atoms. The number of esters is 1. The van der Waals surface area contributed by atoms with E-state index in [2.05, 4.69) is 15.2 Å². The van der Waals surface area contributed by atoms with Gasteiger partial charge in [-0.3, -0.25) is 9.20 Å². The maximum Gasteiger partial charge on any atom is 0.340 e. The highest BCUT2D eigenvalue weighted by molar-refractivity contribution is 8.00. The van der Waals surface area contributed by atoms with Crippen molar-refractivity contribution in [1.29, 1.82) is 0 Å². The van der Waals surface area contributed by atoms with Crippen LogP contribution in [0.15, 0.2) is 29.6 Å². The highest BCUT2D eigenvalue weighted by Gasteiger charge is 2.27. The Morgan fingerprint density at radius 2 is 2.08 bits per heavy atom. The van der Waals surface area contributed by atoms with Crippen LogP contribution in [0.3, 0.4) is 0 Å². The van der Waals surface area contributed by atoms with Gasteiger partial charge in [-0.05, 0) is 45.4 Å². The lowest BCUT2D eigenvalue weighted by Gasteiger charge is -2.09. The van der Waals surface area contributed by atoms with Crippen molar-refractivity contribution in [2.24, 2.45) is 0 Å². The Bertz CT molecular complexity index is 976. The van der Waals surface area contributed by atoms with Gasteiger partial charge >= 0.3 is 5.97 Å². The monoisotopic (exact) mass is 372 g/mol. The number of aromatic amines is 1. The van der Waals surface area contributed by atoms with Crippen LogP contribution >= 0.6 is 11.8 Å². The van der Waals surface area contributed by atoms with Crippen molar-refractivity contribution in [3.8, 4) is 0 Å². The SMILES string of the molecule is CCOC(=O)c1c(C)[nH]c(C(=O)[C@H](C)Sc2nnc3ccccn23)c1C. The molecule has 0 aliphatic heterocycles. The maximum atomic E-state index is 12.9. The summed E-state index contributed by atoms with van der Waals surface area (Å²) >= 11 is 1.33. The zero-order chi connectivity index (χ0) is 18.8. The third-order valence-corrected chi connectivity index (χ3v) is 5.15. The van der Waals surface area contributed by atoms with E-state index in [1.54, 1.807) is 20.8 Å². The van der Waals surface area contributed by atoms with Crippen LogP contribution in [0.4, 0.5) is 0 Å².